The summed E-state index contributed by atoms with van der Waals surface area (Å²) in [6.45, 7) is 0.710. The van der Waals surface area contributed by atoms with Crippen molar-refractivity contribution >= 4 is 8.80 Å². The Bertz CT molecular complexity index is 612. The highest BCUT2D eigenvalue weighted by Gasteiger charge is 2.42. The SMILES string of the molecule is CCCCC[SiH]1CCC(COc2cc(F)c(OCC(F)(F)C(F)F)c(F)c2)CC1. The van der Waals surface area contributed by atoms with E-state index in [2.05, 4.69) is 11.7 Å². The van der Waals surface area contributed by atoms with Gasteiger partial charge in [-0.2, -0.15) is 8.78 Å². The van der Waals surface area contributed by atoms with Crippen molar-refractivity contribution in [1.82, 2.24) is 0 Å². The summed E-state index contributed by atoms with van der Waals surface area (Å²) in [6.07, 6.45) is 1.94. The second-order valence-electron chi connectivity index (χ2n) is 7.76. The summed E-state index contributed by atoms with van der Waals surface area (Å²) >= 11 is 0. The van der Waals surface area contributed by atoms with E-state index in [1.54, 1.807) is 0 Å². The number of unbranched alkanes of at least 4 members (excludes halogenated alkanes) is 2. The Morgan fingerprint density at radius 1 is 1.07 bits per heavy atom. The summed E-state index contributed by atoms with van der Waals surface area (Å²) in [5.41, 5.74) is 0. The molecular weight excluding hydrogens is 414 g/mol. The number of benzene rings is 1. The smallest absolute Gasteiger partial charge is 0.340 e. The maximum absolute atomic E-state index is 14.0. The predicted molar refractivity (Wildman–Crippen MR) is 102 cm³/mol. The first kappa shape index (κ1) is 23.9. The van der Waals surface area contributed by atoms with E-state index in [1.165, 1.54) is 37.4 Å². The number of hydrogen-bond donors (Lipinski definition) is 0. The highest BCUT2D eigenvalue weighted by atomic mass is 28.3. The fourth-order valence-corrected chi connectivity index (χ4v) is 7.19. The van der Waals surface area contributed by atoms with E-state index in [0.29, 0.717) is 12.5 Å². The second-order valence-corrected chi connectivity index (χ2v) is 11.2. The molecule has 1 fully saturated rings. The Labute approximate surface area is 169 Å². The van der Waals surface area contributed by atoms with Crippen molar-refractivity contribution in [2.45, 2.75) is 69.5 Å². The van der Waals surface area contributed by atoms with Gasteiger partial charge < -0.3 is 9.47 Å². The van der Waals surface area contributed by atoms with Gasteiger partial charge in [0.25, 0.3) is 0 Å². The third-order valence-electron chi connectivity index (χ3n) is 5.37. The molecule has 0 aromatic heterocycles. The van der Waals surface area contributed by atoms with E-state index in [-0.39, 0.29) is 5.75 Å². The zero-order valence-electron chi connectivity index (χ0n) is 16.5. The van der Waals surface area contributed by atoms with Gasteiger partial charge in [-0.3, -0.25) is 0 Å². The molecule has 29 heavy (non-hydrogen) atoms. The number of halogens is 6. The molecular formula is C20H28F6O2Si. The Morgan fingerprint density at radius 2 is 1.69 bits per heavy atom. The lowest BCUT2D eigenvalue weighted by Gasteiger charge is -2.27. The van der Waals surface area contributed by atoms with Crippen LogP contribution < -0.4 is 9.47 Å². The molecule has 1 aromatic rings. The van der Waals surface area contributed by atoms with E-state index < -0.39 is 45.1 Å². The zero-order valence-corrected chi connectivity index (χ0v) is 17.7. The molecule has 0 bridgehead atoms. The summed E-state index contributed by atoms with van der Waals surface area (Å²) in [4.78, 5) is 0. The van der Waals surface area contributed by atoms with Crippen LogP contribution in [0.15, 0.2) is 12.1 Å². The first-order chi connectivity index (χ1) is 13.7. The summed E-state index contributed by atoms with van der Waals surface area (Å²) < 4.78 is 87.7. The fraction of sp³-hybridized carbons (Fsp3) is 0.700. The topological polar surface area (TPSA) is 18.5 Å². The molecule has 1 aliphatic rings. The molecule has 0 amide bonds. The third-order valence-corrected chi connectivity index (χ3v) is 8.89. The molecule has 9 heteroatoms. The van der Waals surface area contributed by atoms with Crippen LogP contribution in [0.2, 0.25) is 18.1 Å². The highest BCUT2D eigenvalue weighted by Crippen LogP contribution is 2.32. The van der Waals surface area contributed by atoms with Crippen molar-refractivity contribution in [3.8, 4) is 11.5 Å². The lowest BCUT2D eigenvalue weighted by atomic mass is 10.0. The first-order valence-electron chi connectivity index (χ1n) is 10.1. The van der Waals surface area contributed by atoms with Crippen molar-refractivity contribution in [2.75, 3.05) is 13.2 Å². The molecule has 0 saturated carbocycles. The van der Waals surface area contributed by atoms with Crippen LogP contribution in [-0.2, 0) is 0 Å². The molecule has 1 aromatic carbocycles. The van der Waals surface area contributed by atoms with Gasteiger partial charge in [0.15, 0.2) is 24.0 Å². The summed E-state index contributed by atoms with van der Waals surface area (Å²) in [5, 5.41) is 0. The largest absolute Gasteiger partial charge is 0.493 e. The van der Waals surface area contributed by atoms with Gasteiger partial charge in [0, 0.05) is 20.9 Å². The lowest BCUT2D eigenvalue weighted by Crippen LogP contribution is -2.34. The minimum atomic E-state index is -4.49. The zero-order chi connectivity index (χ0) is 21.4. The number of hydrogen-bond acceptors (Lipinski definition) is 2. The van der Waals surface area contributed by atoms with Crippen molar-refractivity contribution in [1.29, 1.82) is 0 Å². The molecule has 0 atom stereocenters. The van der Waals surface area contributed by atoms with Gasteiger partial charge in [-0.15, -0.1) is 0 Å². The molecule has 1 aliphatic heterocycles. The van der Waals surface area contributed by atoms with Crippen LogP contribution in [0, 0.1) is 17.6 Å². The monoisotopic (exact) mass is 442 g/mol. The average molecular weight is 443 g/mol. The summed E-state index contributed by atoms with van der Waals surface area (Å²) in [6, 6.07) is 5.54. The van der Waals surface area contributed by atoms with Gasteiger partial charge >= 0.3 is 12.3 Å². The number of alkyl halides is 4. The van der Waals surface area contributed by atoms with Crippen LogP contribution in [0.4, 0.5) is 26.3 Å². The van der Waals surface area contributed by atoms with Crippen molar-refractivity contribution in [3.63, 3.8) is 0 Å². The van der Waals surface area contributed by atoms with Crippen molar-refractivity contribution in [2.24, 2.45) is 5.92 Å². The minimum absolute atomic E-state index is 0.0738. The van der Waals surface area contributed by atoms with Crippen LogP contribution in [0.25, 0.3) is 0 Å². The maximum Gasteiger partial charge on any atom is 0.340 e. The maximum atomic E-state index is 14.0. The molecule has 0 aliphatic carbocycles. The molecule has 1 saturated heterocycles. The molecule has 0 unspecified atom stereocenters. The fourth-order valence-electron chi connectivity index (χ4n) is 3.57. The van der Waals surface area contributed by atoms with Crippen molar-refractivity contribution in [3.05, 3.63) is 23.8 Å². The molecule has 0 radical (unpaired) electrons. The van der Waals surface area contributed by atoms with Gasteiger partial charge in [-0.05, 0) is 18.8 Å². The second kappa shape index (κ2) is 11.1. The Kier molecular flexibility index (Phi) is 9.17. The van der Waals surface area contributed by atoms with E-state index in [0.717, 1.165) is 25.0 Å². The van der Waals surface area contributed by atoms with Crippen LogP contribution in [0.1, 0.15) is 39.0 Å². The van der Waals surface area contributed by atoms with Crippen LogP contribution in [0.5, 0.6) is 11.5 Å². The minimum Gasteiger partial charge on any atom is -0.493 e. The van der Waals surface area contributed by atoms with E-state index in [4.69, 9.17) is 4.74 Å². The predicted octanol–water partition coefficient (Wildman–Crippen LogP) is 6.45. The number of rotatable bonds is 11. The first-order valence-corrected chi connectivity index (χ1v) is 12.6. The Hall–Kier alpha value is -1.38. The van der Waals surface area contributed by atoms with E-state index in [1.807, 2.05) is 0 Å². The Balaban J connectivity index is 1.82. The van der Waals surface area contributed by atoms with Gasteiger partial charge in [0.05, 0.1) is 6.61 Å². The molecule has 1 heterocycles. The normalized spacial score (nSPS) is 20.1. The van der Waals surface area contributed by atoms with Gasteiger partial charge in [0.2, 0.25) is 0 Å². The van der Waals surface area contributed by atoms with Crippen LogP contribution in [0.3, 0.4) is 0 Å². The lowest BCUT2D eigenvalue weighted by molar-refractivity contribution is -0.148. The van der Waals surface area contributed by atoms with Gasteiger partial charge in [-0.25, -0.2) is 17.6 Å². The van der Waals surface area contributed by atoms with Crippen LogP contribution in [-0.4, -0.2) is 34.4 Å². The quantitative estimate of drug-likeness (QED) is 0.223. The molecule has 0 N–H and O–H groups in total. The molecule has 166 valence electrons. The van der Waals surface area contributed by atoms with Gasteiger partial charge in [0.1, 0.15) is 5.75 Å². The molecule has 2 nitrogen and oxygen atoms in total. The highest BCUT2D eigenvalue weighted by molar-refractivity contribution is 6.58. The molecule has 0 spiro atoms. The summed E-state index contributed by atoms with van der Waals surface area (Å²) in [7, 11) is -0.654. The summed E-state index contributed by atoms with van der Waals surface area (Å²) in [5.74, 6) is -7.88. The van der Waals surface area contributed by atoms with Crippen LogP contribution >= 0.6 is 0 Å². The number of ether oxygens (including phenoxy) is 2. The average Bonchev–Trinajstić information content (AvgIpc) is 2.66. The third kappa shape index (κ3) is 7.42. The molecule has 2 rings (SSSR count). The van der Waals surface area contributed by atoms with Gasteiger partial charge in [-0.1, -0.05) is 44.3 Å². The van der Waals surface area contributed by atoms with Crippen molar-refractivity contribution < 1.29 is 35.8 Å². The van der Waals surface area contributed by atoms with E-state index in [9.17, 15) is 26.3 Å². The van der Waals surface area contributed by atoms with E-state index >= 15 is 0 Å². The Morgan fingerprint density at radius 3 is 2.24 bits per heavy atom. The standard InChI is InChI=1S/C20H28F6O2Si/c1-2-3-4-7-29-8-5-14(6-9-29)12-27-15-10-16(21)18(17(22)11-15)28-13-20(25,26)19(23)24/h10-11,14,19,29H,2-9,12-13H2,1H3.